The second-order valence-electron chi connectivity index (χ2n) is 5.59. The van der Waals surface area contributed by atoms with Gasteiger partial charge in [-0.05, 0) is 39.3 Å². The molecule has 0 saturated carbocycles. The first-order valence-electron chi connectivity index (χ1n) is 7.66. The molecule has 21 heavy (non-hydrogen) atoms. The lowest BCUT2D eigenvalue weighted by atomic mass is 10.0. The van der Waals surface area contributed by atoms with Gasteiger partial charge in [0, 0.05) is 12.6 Å². The Kier molecular flexibility index (Phi) is 7.45. The van der Waals surface area contributed by atoms with E-state index in [1.165, 1.54) is 4.90 Å². The van der Waals surface area contributed by atoms with Gasteiger partial charge in [0.05, 0.1) is 12.6 Å². The third-order valence-corrected chi connectivity index (χ3v) is 3.85. The normalized spacial score (nSPS) is 18.8. The maximum Gasteiger partial charge on any atom is 0.401 e. The summed E-state index contributed by atoms with van der Waals surface area (Å²) in [4.78, 5) is 13.4. The van der Waals surface area contributed by atoms with Gasteiger partial charge in [0.2, 0.25) is 5.91 Å². The molecule has 4 nitrogen and oxygen atoms in total. The molecule has 2 N–H and O–H groups in total. The molecule has 124 valence electrons. The fraction of sp³-hybridized carbons (Fsp3) is 0.929. The lowest BCUT2D eigenvalue weighted by molar-refractivity contribution is -0.161. The van der Waals surface area contributed by atoms with Gasteiger partial charge >= 0.3 is 6.18 Å². The molecule has 0 aromatic heterocycles. The van der Waals surface area contributed by atoms with Crippen LogP contribution < -0.4 is 10.6 Å². The van der Waals surface area contributed by atoms with E-state index in [1.54, 1.807) is 6.92 Å². The van der Waals surface area contributed by atoms with Gasteiger partial charge in [-0.15, -0.1) is 0 Å². The van der Waals surface area contributed by atoms with Gasteiger partial charge < -0.3 is 10.6 Å². The highest BCUT2D eigenvalue weighted by molar-refractivity contribution is 5.81. The minimum Gasteiger partial charge on any atom is -0.355 e. The molecule has 1 aliphatic rings. The summed E-state index contributed by atoms with van der Waals surface area (Å²) in [5.74, 6) is -0.314. The van der Waals surface area contributed by atoms with Crippen LogP contribution in [0.3, 0.4) is 0 Å². The number of nitrogens with zero attached hydrogens (tertiary/aromatic N) is 1. The summed E-state index contributed by atoms with van der Waals surface area (Å²) in [5, 5.41) is 5.86. The first-order valence-corrected chi connectivity index (χ1v) is 7.66. The van der Waals surface area contributed by atoms with E-state index >= 15 is 0 Å². The average Bonchev–Trinajstić information content (AvgIpc) is 2.44. The van der Waals surface area contributed by atoms with Crippen LogP contribution >= 0.6 is 0 Å². The number of rotatable bonds is 7. The highest BCUT2D eigenvalue weighted by Gasteiger charge is 2.38. The summed E-state index contributed by atoms with van der Waals surface area (Å²) in [5.41, 5.74) is 0. The van der Waals surface area contributed by atoms with Crippen molar-refractivity contribution in [3.8, 4) is 0 Å². The predicted molar refractivity (Wildman–Crippen MR) is 76.0 cm³/mol. The van der Waals surface area contributed by atoms with Crippen LogP contribution in [0.15, 0.2) is 0 Å². The second kappa shape index (κ2) is 8.58. The Morgan fingerprint density at radius 2 is 2.00 bits per heavy atom. The van der Waals surface area contributed by atoms with Crippen molar-refractivity contribution in [2.75, 3.05) is 26.2 Å². The van der Waals surface area contributed by atoms with E-state index in [4.69, 9.17) is 0 Å². The molecule has 0 aromatic carbocycles. The van der Waals surface area contributed by atoms with E-state index in [9.17, 15) is 18.0 Å². The molecule has 0 aliphatic carbocycles. The number of alkyl halides is 3. The molecule has 0 radical (unpaired) electrons. The Morgan fingerprint density at radius 3 is 2.52 bits per heavy atom. The number of carbonyl (C=O) groups is 1. The van der Waals surface area contributed by atoms with Gasteiger partial charge in [-0.3, -0.25) is 9.69 Å². The van der Waals surface area contributed by atoms with Crippen molar-refractivity contribution >= 4 is 5.91 Å². The fourth-order valence-corrected chi connectivity index (χ4v) is 2.61. The molecular formula is C14H26F3N3O. The summed E-state index contributed by atoms with van der Waals surface area (Å²) in [6.07, 6.45) is -1.23. The molecule has 0 bridgehead atoms. The molecule has 0 spiro atoms. The molecule has 1 atom stereocenters. The lowest BCUT2D eigenvalue weighted by Crippen LogP contribution is -2.55. The van der Waals surface area contributed by atoms with Gasteiger partial charge in [0.25, 0.3) is 0 Å². The number of nitrogens with one attached hydrogen (secondary N) is 2. The van der Waals surface area contributed by atoms with Crippen LogP contribution in [0.1, 0.15) is 39.5 Å². The third kappa shape index (κ3) is 6.65. The van der Waals surface area contributed by atoms with Gasteiger partial charge in [0.15, 0.2) is 0 Å². The molecule has 1 saturated heterocycles. The van der Waals surface area contributed by atoms with Crippen LogP contribution in [0.25, 0.3) is 0 Å². The minimum atomic E-state index is -4.29. The van der Waals surface area contributed by atoms with Gasteiger partial charge in [-0.25, -0.2) is 0 Å². The number of halogens is 3. The Bertz CT molecular complexity index is 317. The fourth-order valence-electron chi connectivity index (χ4n) is 2.61. The molecule has 1 rings (SSSR count). The number of unbranched alkanes of at least 4 members (excludes halogenated alkanes) is 1. The van der Waals surface area contributed by atoms with Crippen LogP contribution in [0.5, 0.6) is 0 Å². The van der Waals surface area contributed by atoms with Crippen LogP contribution in [0, 0.1) is 0 Å². The van der Waals surface area contributed by atoms with Crippen LogP contribution in [-0.2, 0) is 4.79 Å². The quantitative estimate of drug-likeness (QED) is 0.706. The van der Waals surface area contributed by atoms with Crippen LogP contribution in [0.4, 0.5) is 13.2 Å². The van der Waals surface area contributed by atoms with E-state index in [-0.39, 0.29) is 11.9 Å². The number of piperidine rings is 1. The van der Waals surface area contributed by atoms with Crippen molar-refractivity contribution in [2.45, 2.75) is 57.8 Å². The van der Waals surface area contributed by atoms with E-state index < -0.39 is 18.8 Å². The van der Waals surface area contributed by atoms with Crippen LogP contribution in [0.2, 0.25) is 0 Å². The zero-order chi connectivity index (χ0) is 15.9. The SMILES string of the molecule is CCCCNC(=O)C(C)N(CC(F)(F)F)C1CCNCC1. The number of carbonyl (C=O) groups excluding carboxylic acids is 1. The van der Waals surface area contributed by atoms with Crippen molar-refractivity contribution in [1.29, 1.82) is 0 Å². The second-order valence-corrected chi connectivity index (χ2v) is 5.59. The standard InChI is InChI=1S/C14H26F3N3O/c1-3-4-7-19-13(21)11(2)20(10-14(15,16)17)12-5-8-18-9-6-12/h11-12,18H,3-10H2,1-2H3,(H,19,21). The topological polar surface area (TPSA) is 44.4 Å². The smallest absolute Gasteiger partial charge is 0.355 e. The van der Waals surface area contributed by atoms with E-state index in [2.05, 4.69) is 10.6 Å². The molecular weight excluding hydrogens is 283 g/mol. The molecule has 1 unspecified atom stereocenters. The Labute approximate surface area is 124 Å². The van der Waals surface area contributed by atoms with Crippen molar-refractivity contribution in [3.05, 3.63) is 0 Å². The van der Waals surface area contributed by atoms with Crippen molar-refractivity contribution in [2.24, 2.45) is 0 Å². The molecule has 1 aliphatic heterocycles. The average molecular weight is 309 g/mol. The Morgan fingerprint density at radius 1 is 1.38 bits per heavy atom. The van der Waals surface area contributed by atoms with Crippen molar-refractivity contribution < 1.29 is 18.0 Å². The zero-order valence-corrected chi connectivity index (χ0v) is 12.8. The Hall–Kier alpha value is -0.820. The Balaban J connectivity index is 2.67. The van der Waals surface area contributed by atoms with E-state index in [0.717, 1.165) is 12.8 Å². The molecule has 7 heteroatoms. The highest BCUT2D eigenvalue weighted by Crippen LogP contribution is 2.23. The van der Waals surface area contributed by atoms with Crippen LogP contribution in [-0.4, -0.2) is 55.2 Å². The summed E-state index contributed by atoms with van der Waals surface area (Å²) in [6, 6.07) is -0.952. The molecule has 1 amide bonds. The largest absolute Gasteiger partial charge is 0.401 e. The first kappa shape index (κ1) is 18.2. The maximum atomic E-state index is 12.8. The van der Waals surface area contributed by atoms with E-state index in [1.807, 2.05) is 6.92 Å². The highest BCUT2D eigenvalue weighted by atomic mass is 19.4. The summed E-state index contributed by atoms with van der Waals surface area (Å²) >= 11 is 0. The monoisotopic (exact) mass is 309 g/mol. The number of amides is 1. The summed E-state index contributed by atoms with van der Waals surface area (Å²) in [7, 11) is 0. The van der Waals surface area contributed by atoms with Gasteiger partial charge in [-0.1, -0.05) is 13.3 Å². The minimum absolute atomic E-state index is 0.195. The molecule has 1 fully saturated rings. The number of hydrogen-bond donors (Lipinski definition) is 2. The van der Waals surface area contributed by atoms with Gasteiger partial charge in [-0.2, -0.15) is 13.2 Å². The molecule has 0 aromatic rings. The number of hydrogen-bond acceptors (Lipinski definition) is 3. The van der Waals surface area contributed by atoms with Crippen molar-refractivity contribution in [1.82, 2.24) is 15.5 Å². The van der Waals surface area contributed by atoms with Crippen molar-refractivity contribution in [3.63, 3.8) is 0 Å². The summed E-state index contributed by atoms with van der Waals surface area (Å²) in [6.45, 7) is 4.45. The first-order chi connectivity index (χ1) is 9.85. The third-order valence-electron chi connectivity index (χ3n) is 3.85. The van der Waals surface area contributed by atoms with E-state index in [0.29, 0.717) is 32.5 Å². The zero-order valence-electron chi connectivity index (χ0n) is 12.8. The summed E-state index contributed by atoms with van der Waals surface area (Å²) < 4.78 is 38.4. The maximum absolute atomic E-state index is 12.8. The lowest BCUT2D eigenvalue weighted by Gasteiger charge is -2.38. The predicted octanol–water partition coefficient (Wildman–Crippen LogP) is 1.91. The molecule has 1 heterocycles. The van der Waals surface area contributed by atoms with Gasteiger partial charge in [0.1, 0.15) is 0 Å².